The molecular weight excluding hydrogens is 140 g/mol. The summed E-state index contributed by atoms with van der Waals surface area (Å²) in [5, 5.41) is 0. The van der Waals surface area contributed by atoms with Gasteiger partial charge in [0, 0.05) is 19.0 Å². The molecule has 0 N–H and O–H groups in total. The molecule has 3 nitrogen and oxygen atoms in total. The molecule has 11 heavy (non-hydrogen) atoms. The third kappa shape index (κ3) is 2.27. The van der Waals surface area contributed by atoms with E-state index >= 15 is 0 Å². The van der Waals surface area contributed by atoms with Crippen LogP contribution < -0.4 is 0 Å². The lowest BCUT2D eigenvalue weighted by Crippen LogP contribution is -2.03. The topological polar surface area (TPSA) is 35.0 Å². The maximum absolute atomic E-state index is 5.30. The zero-order valence-electron chi connectivity index (χ0n) is 6.82. The summed E-state index contributed by atoms with van der Waals surface area (Å²) in [7, 11) is 0. The van der Waals surface area contributed by atoms with Gasteiger partial charge in [-0.2, -0.15) is 0 Å². The van der Waals surface area contributed by atoms with E-state index in [1.54, 1.807) is 18.5 Å². The fourth-order valence-electron chi connectivity index (χ4n) is 0.845. The highest BCUT2D eigenvalue weighted by Gasteiger charge is 2.05. The Morgan fingerprint density at radius 2 is 2.09 bits per heavy atom. The number of nitrogens with zero attached hydrogens (tertiary/aromatic N) is 2. The highest BCUT2D eigenvalue weighted by atomic mass is 16.5. The summed E-state index contributed by atoms with van der Waals surface area (Å²) in [6, 6.07) is 1.79. The lowest BCUT2D eigenvalue weighted by atomic mass is 10.4. The van der Waals surface area contributed by atoms with Gasteiger partial charge in [0.25, 0.3) is 0 Å². The van der Waals surface area contributed by atoms with Crippen molar-refractivity contribution >= 4 is 0 Å². The predicted octanol–water partition coefficient (Wildman–Crippen LogP) is 1.57. The predicted molar refractivity (Wildman–Crippen MR) is 42.1 cm³/mol. The Kier molecular flexibility index (Phi) is 2.98. The molecule has 0 spiro atoms. The maximum atomic E-state index is 5.30. The van der Waals surface area contributed by atoms with E-state index in [2.05, 4.69) is 9.97 Å². The minimum absolute atomic E-state index is 0.00111. The second kappa shape index (κ2) is 4.03. The van der Waals surface area contributed by atoms with Crippen LogP contribution in [0, 0.1) is 0 Å². The van der Waals surface area contributed by atoms with Crippen molar-refractivity contribution < 1.29 is 4.74 Å². The van der Waals surface area contributed by atoms with Crippen molar-refractivity contribution in [1.82, 2.24) is 9.97 Å². The molecule has 3 heteroatoms. The molecule has 1 heterocycles. The zero-order valence-corrected chi connectivity index (χ0v) is 6.82. The van der Waals surface area contributed by atoms with E-state index in [4.69, 9.17) is 4.74 Å². The van der Waals surface area contributed by atoms with Crippen molar-refractivity contribution in [2.75, 3.05) is 6.61 Å². The van der Waals surface area contributed by atoms with Crippen LogP contribution in [0.2, 0.25) is 0 Å². The van der Waals surface area contributed by atoms with Crippen LogP contribution in [0.15, 0.2) is 18.5 Å². The van der Waals surface area contributed by atoms with Gasteiger partial charge in [-0.05, 0) is 19.9 Å². The number of ether oxygens (including phenoxy) is 1. The standard InChI is InChI=1S/C8H12N2O/c1-3-11-7(2)8-9-5-4-6-10-8/h4-7H,3H2,1-2H3/t7-/m1/s1. The van der Waals surface area contributed by atoms with Gasteiger partial charge in [-0.25, -0.2) is 9.97 Å². The lowest BCUT2D eigenvalue weighted by Gasteiger charge is -2.08. The fraction of sp³-hybridized carbons (Fsp3) is 0.500. The largest absolute Gasteiger partial charge is 0.371 e. The first-order valence-electron chi connectivity index (χ1n) is 3.73. The van der Waals surface area contributed by atoms with E-state index in [0.29, 0.717) is 6.61 Å². The summed E-state index contributed by atoms with van der Waals surface area (Å²) >= 11 is 0. The summed E-state index contributed by atoms with van der Waals surface area (Å²) in [4.78, 5) is 8.12. The van der Waals surface area contributed by atoms with Crippen molar-refractivity contribution in [1.29, 1.82) is 0 Å². The Balaban J connectivity index is 2.61. The second-order valence-electron chi connectivity index (χ2n) is 2.20. The Labute approximate surface area is 66.4 Å². The molecular formula is C8H12N2O. The Bertz CT molecular complexity index is 201. The van der Waals surface area contributed by atoms with Gasteiger partial charge in [0.05, 0.1) is 0 Å². The van der Waals surface area contributed by atoms with E-state index in [1.807, 2.05) is 13.8 Å². The SMILES string of the molecule is CCO[C@H](C)c1ncccn1. The summed E-state index contributed by atoms with van der Waals surface area (Å²) in [6.07, 6.45) is 3.44. The van der Waals surface area contributed by atoms with Crippen LogP contribution in [0.5, 0.6) is 0 Å². The Morgan fingerprint density at radius 3 is 2.64 bits per heavy atom. The molecule has 0 aliphatic heterocycles. The van der Waals surface area contributed by atoms with Crippen LogP contribution in [0.1, 0.15) is 25.8 Å². The van der Waals surface area contributed by atoms with Crippen molar-refractivity contribution in [2.24, 2.45) is 0 Å². The minimum Gasteiger partial charge on any atom is -0.371 e. The van der Waals surface area contributed by atoms with Crippen LogP contribution in [0.3, 0.4) is 0 Å². The van der Waals surface area contributed by atoms with Gasteiger partial charge in [-0.1, -0.05) is 0 Å². The van der Waals surface area contributed by atoms with Gasteiger partial charge < -0.3 is 4.74 Å². The first kappa shape index (κ1) is 8.14. The summed E-state index contributed by atoms with van der Waals surface area (Å²) in [6.45, 7) is 4.59. The van der Waals surface area contributed by atoms with Crippen molar-refractivity contribution in [3.05, 3.63) is 24.3 Å². The smallest absolute Gasteiger partial charge is 0.156 e. The first-order valence-corrected chi connectivity index (χ1v) is 3.73. The summed E-state index contributed by atoms with van der Waals surface area (Å²) in [5.41, 5.74) is 0. The molecule has 60 valence electrons. The van der Waals surface area contributed by atoms with Crippen molar-refractivity contribution in [2.45, 2.75) is 20.0 Å². The number of aromatic nitrogens is 2. The fourth-order valence-corrected chi connectivity index (χ4v) is 0.845. The minimum atomic E-state index is 0.00111. The molecule has 1 rings (SSSR count). The molecule has 0 aliphatic carbocycles. The molecule has 0 aliphatic rings. The van der Waals surface area contributed by atoms with E-state index in [0.717, 1.165) is 5.82 Å². The normalized spacial score (nSPS) is 12.9. The van der Waals surface area contributed by atoms with E-state index in [1.165, 1.54) is 0 Å². The van der Waals surface area contributed by atoms with Gasteiger partial charge in [0.1, 0.15) is 6.10 Å². The first-order chi connectivity index (χ1) is 5.34. The number of hydrogen-bond acceptors (Lipinski definition) is 3. The van der Waals surface area contributed by atoms with Gasteiger partial charge in [-0.15, -0.1) is 0 Å². The number of rotatable bonds is 3. The second-order valence-corrected chi connectivity index (χ2v) is 2.20. The molecule has 0 bridgehead atoms. The van der Waals surface area contributed by atoms with Crippen molar-refractivity contribution in [3.8, 4) is 0 Å². The molecule has 0 saturated carbocycles. The third-order valence-electron chi connectivity index (χ3n) is 1.37. The van der Waals surface area contributed by atoms with Crippen LogP contribution in [0.25, 0.3) is 0 Å². The molecule has 0 amide bonds. The highest BCUT2D eigenvalue weighted by molar-refractivity contribution is 4.91. The van der Waals surface area contributed by atoms with Crippen LogP contribution in [-0.2, 0) is 4.74 Å². The quantitative estimate of drug-likeness (QED) is 0.659. The molecule has 0 saturated heterocycles. The average molecular weight is 152 g/mol. The van der Waals surface area contributed by atoms with E-state index in [9.17, 15) is 0 Å². The Hall–Kier alpha value is -0.960. The van der Waals surface area contributed by atoms with Gasteiger partial charge >= 0.3 is 0 Å². The summed E-state index contributed by atoms with van der Waals surface area (Å²) in [5.74, 6) is 0.745. The molecule has 0 fully saturated rings. The zero-order chi connectivity index (χ0) is 8.10. The van der Waals surface area contributed by atoms with Crippen LogP contribution in [0.4, 0.5) is 0 Å². The Morgan fingerprint density at radius 1 is 1.45 bits per heavy atom. The van der Waals surface area contributed by atoms with E-state index < -0.39 is 0 Å². The van der Waals surface area contributed by atoms with Gasteiger partial charge in [-0.3, -0.25) is 0 Å². The van der Waals surface area contributed by atoms with Crippen LogP contribution in [-0.4, -0.2) is 16.6 Å². The monoisotopic (exact) mass is 152 g/mol. The van der Waals surface area contributed by atoms with Gasteiger partial charge in [0.15, 0.2) is 5.82 Å². The van der Waals surface area contributed by atoms with Crippen LogP contribution >= 0.6 is 0 Å². The molecule has 0 unspecified atom stereocenters. The van der Waals surface area contributed by atoms with Gasteiger partial charge in [0.2, 0.25) is 0 Å². The molecule has 0 aromatic carbocycles. The molecule has 1 aromatic rings. The average Bonchev–Trinajstić information content (AvgIpc) is 2.07. The molecule has 1 aromatic heterocycles. The molecule has 0 radical (unpaired) electrons. The maximum Gasteiger partial charge on any atom is 0.156 e. The van der Waals surface area contributed by atoms with Crippen molar-refractivity contribution in [3.63, 3.8) is 0 Å². The molecule has 1 atom stereocenters. The lowest BCUT2D eigenvalue weighted by molar-refractivity contribution is 0.0700. The highest BCUT2D eigenvalue weighted by Crippen LogP contribution is 2.09. The number of hydrogen-bond donors (Lipinski definition) is 0. The van der Waals surface area contributed by atoms with E-state index in [-0.39, 0.29) is 6.10 Å². The summed E-state index contributed by atoms with van der Waals surface area (Å²) < 4.78 is 5.30. The third-order valence-corrected chi connectivity index (χ3v) is 1.37.